The van der Waals surface area contributed by atoms with E-state index in [1.807, 2.05) is 11.3 Å². The van der Waals surface area contributed by atoms with Gasteiger partial charge in [0.05, 0.1) is 0 Å². The van der Waals surface area contributed by atoms with Gasteiger partial charge < -0.3 is 5.32 Å². The molecule has 2 heterocycles. The molecule has 1 aromatic rings. The van der Waals surface area contributed by atoms with Gasteiger partial charge in [0.25, 0.3) is 0 Å². The van der Waals surface area contributed by atoms with E-state index in [0.717, 1.165) is 6.54 Å². The Balaban J connectivity index is 1.66. The molecule has 1 aliphatic carbocycles. The van der Waals surface area contributed by atoms with Crippen LogP contribution in [0, 0.1) is 5.41 Å². The van der Waals surface area contributed by atoms with Crippen molar-refractivity contribution in [2.24, 2.45) is 5.41 Å². The molecule has 2 nitrogen and oxygen atoms in total. The van der Waals surface area contributed by atoms with Gasteiger partial charge in [0, 0.05) is 31.1 Å². The van der Waals surface area contributed by atoms with Gasteiger partial charge in [-0.05, 0) is 48.2 Å². The number of hydrogen-bond donors (Lipinski definition) is 1. The van der Waals surface area contributed by atoms with Crippen molar-refractivity contribution >= 4 is 11.3 Å². The highest BCUT2D eigenvalue weighted by Gasteiger charge is 2.33. The van der Waals surface area contributed by atoms with E-state index in [0.29, 0.717) is 5.41 Å². The lowest BCUT2D eigenvalue weighted by Crippen LogP contribution is -2.45. The summed E-state index contributed by atoms with van der Waals surface area (Å²) in [5, 5.41) is 5.94. The van der Waals surface area contributed by atoms with Crippen LogP contribution in [0.2, 0.25) is 0 Å². The van der Waals surface area contributed by atoms with Crippen LogP contribution in [0.15, 0.2) is 11.4 Å². The predicted molar refractivity (Wildman–Crippen MR) is 92.0 cm³/mol. The van der Waals surface area contributed by atoms with Gasteiger partial charge in [0.1, 0.15) is 0 Å². The van der Waals surface area contributed by atoms with E-state index in [-0.39, 0.29) is 0 Å². The smallest absolute Gasteiger partial charge is 0.0245 e. The molecule has 1 saturated carbocycles. The van der Waals surface area contributed by atoms with E-state index < -0.39 is 0 Å². The van der Waals surface area contributed by atoms with Gasteiger partial charge in [-0.1, -0.05) is 32.6 Å². The Labute approximate surface area is 133 Å². The molecule has 0 spiro atoms. The summed E-state index contributed by atoms with van der Waals surface area (Å²) in [6.07, 6.45) is 9.88. The minimum absolute atomic E-state index is 0.528. The predicted octanol–water partition coefficient (Wildman–Crippen LogP) is 4.06. The molecule has 0 unspecified atom stereocenters. The van der Waals surface area contributed by atoms with Crippen LogP contribution in [-0.4, -0.2) is 31.1 Å². The van der Waals surface area contributed by atoms with Gasteiger partial charge in [-0.2, -0.15) is 0 Å². The van der Waals surface area contributed by atoms with Crippen LogP contribution in [0.25, 0.3) is 0 Å². The topological polar surface area (TPSA) is 15.3 Å². The second-order valence-electron chi connectivity index (χ2n) is 7.02. The Bertz CT molecular complexity index is 432. The fourth-order valence-corrected chi connectivity index (χ4v) is 5.07. The van der Waals surface area contributed by atoms with Crippen LogP contribution in [0.1, 0.15) is 55.9 Å². The zero-order chi connectivity index (χ0) is 14.5. The van der Waals surface area contributed by atoms with Crippen molar-refractivity contribution in [3.05, 3.63) is 21.9 Å². The fourth-order valence-electron chi connectivity index (χ4n) is 4.18. The quantitative estimate of drug-likeness (QED) is 0.825. The van der Waals surface area contributed by atoms with Gasteiger partial charge in [0.2, 0.25) is 0 Å². The van der Waals surface area contributed by atoms with Crippen molar-refractivity contribution in [2.75, 3.05) is 26.2 Å². The Morgan fingerprint density at radius 3 is 2.81 bits per heavy atom. The van der Waals surface area contributed by atoms with Crippen molar-refractivity contribution in [3.8, 4) is 0 Å². The third-order valence-corrected chi connectivity index (χ3v) is 6.38. The summed E-state index contributed by atoms with van der Waals surface area (Å²) in [7, 11) is 0. The summed E-state index contributed by atoms with van der Waals surface area (Å²) in [5.41, 5.74) is 2.12. The third-order valence-electron chi connectivity index (χ3n) is 5.36. The molecule has 21 heavy (non-hydrogen) atoms. The standard InChI is InChI=1S/C18H30N2S/c1-2-19-14-18(9-5-3-4-6-10-18)15-20-11-7-17-16(13-20)8-12-21-17/h8,12,19H,2-7,9-11,13-15H2,1H3. The van der Waals surface area contributed by atoms with Gasteiger partial charge in [-0.3, -0.25) is 4.90 Å². The van der Waals surface area contributed by atoms with Crippen molar-refractivity contribution in [1.82, 2.24) is 10.2 Å². The molecular formula is C18H30N2S. The van der Waals surface area contributed by atoms with Crippen molar-refractivity contribution in [2.45, 2.75) is 58.4 Å². The van der Waals surface area contributed by atoms with E-state index in [2.05, 4.69) is 28.6 Å². The highest BCUT2D eigenvalue weighted by atomic mass is 32.1. The first-order valence-electron chi connectivity index (χ1n) is 8.80. The number of nitrogens with one attached hydrogen (secondary N) is 1. The van der Waals surface area contributed by atoms with Crippen LogP contribution in [0.3, 0.4) is 0 Å². The second-order valence-corrected chi connectivity index (χ2v) is 8.02. The normalized spacial score (nSPS) is 22.7. The third kappa shape index (κ3) is 3.88. The van der Waals surface area contributed by atoms with E-state index in [4.69, 9.17) is 0 Å². The molecule has 0 bridgehead atoms. The number of thiophene rings is 1. The molecular weight excluding hydrogens is 276 g/mol. The summed E-state index contributed by atoms with van der Waals surface area (Å²) < 4.78 is 0. The average molecular weight is 307 g/mol. The lowest BCUT2D eigenvalue weighted by Gasteiger charge is -2.39. The second kappa shape index (κ2) is 7.26. The van der Waals surface area contributed by atoms with E-state index >= 15 is 0 Å². The van der Waals surface area contributed by atoms with Crippen molar-refractivity contribution in [3.63, 3.8) is 0 Å². The molecule has 118 valence electrons. The van der Waals surface area contributed by atoms with Crippen molar-refractivity contribution < 1.29 is 0 Å². The molecule has 1 aromatic heterocycles. The molecule has 0 atom stereocenters. The summed E-state index contributed by atoms with van der Waals surface area (Å²) in [5.74, 6) is 0. The maximum absolute atomic E-state index is 3.67. The monoisotopic (exact) mass is 306 g/mol. The summed E-state index contributed by atoms with van der Waals surface area (Å²) in [4.78, 5) is 4.37. The SMILES string of the molecule is CCNCC1(CN2CCc3sccc3C2)CCCCCC1. The maximum Gasteiger partial charge on any atom is 0.0245 e. The molecule has 0 saturated heterocycles. The first kappa shape index (κ1) is 15.5. The number of hydrogen-bond acceptors (Lipinski definition) is 3. The molecule has 3 rings (SSSR count). The van der Waals surface area contributed by atoms with Crippen molar-refractivity contribution in [1.29, 1.82) is 0 Å². The van der Waals surface area contributed by atoms with E-state index in [1.165, 1.54) is 71.1 Å². The molecule has 0 radical (unpaired) electrons. The molecule has 1 N–H and O–H groups in total. The summed E-state index contributed by atoms with van der Waals surface area (Å²) in [6.45, 7) is 8.32. The summed E-state index contributed by atoms with van der Waals surface area (Å²) >= 11 is 1.95. The molecule has 1 fully saturated rings. The minimum atomic E-state index is 0.528. The zero-order valence-corrected chi connectivity index (χ0v) is 14.3. The van der Waals surface area contributed by atoms with Crippen LogP contribution in [0.4, 0.5) is 0 Å². The maximum atomic E-state index is 3.67. The fraction of sp³-hybridized carbons (Fsp3) is 0.778. The Morgan fingerprint density at radius 1 is 1.24 bits per heavy atom. The molecule has 0 aromatic carbocycles. The lowest BCUT2D eigenvalue weighted by atomic mass is 9.79. The number of rotatable bonds is 5. The van der Waals surface area contributed by atoms with Crippen LogP contribution in [-0.2, 0) is 13.0 Å². The molecule has 2 aliphatic rings. The summed E-state index contributed by atoms with van der Waals surface area (Å²) in [6, 6.07) is 2.34. The highest BCUT2D eigenvalue weighted by Crippen LogP contribution is 2.37. The van der Waals surface area contributed by atoms with Crippen LogP contribution < -0.4 is 5.32 Å². The van der Waals surface area contributed by atoms with Gasteiger partial charge in [-0.15, -0.1) is 11.3 Å². The molecule has 3 heteroatoms. The largest absolute Gasteiger partial charge is 0.316 e. The van der Waals surface area contributed by atoms with Crippen LogP contribution >= 0.6 is 11.3 Å². The number of nitrogens with zero attached hydrogens (tertiary/aromatic N) is 1. The number of fused-ring (bicyclic) bond motifs is 1. The Kier molecular flexibility index (Phi) is 5.36. The van der Waals surface area contributed by atoms with Crippen LogP contribution in [0.5, 0.6) is 0 Å². The van der Waals surface area contributed by atoms with Gasteiger partial charge >= 0.3 is 0 Å². The minimum Gasteiger partial charge on any atom is -0.316 e. The van der Waals surface area contributed by atoms with E-state index in [1.54, 1.807) is 10.4 Å². The lowest BCUT2D eigenvalue weighted by molar-refractivity contribution is 0.118. The molecule has 0 amide bonds. The average Bonchev–Trinajstić information content (AvgIpc) is 2.84. The molecule has 1 aliphatic heterocycles. The first-order chi connectivity index (χ1) is 10.3. The first-order valence-corrected chi connectivity index (χ1v) is 9.68. The zero-order valence-electron chi connectivity index (χ0n) is 13.5. The van der Waals surface area contributed by atoms with Gasteiger partial charge in [0.15, 0.2) is 0 Å². The highest BCUT2D eigenvalue weighted by molar-refractivity contribution is 7.10. The van der Waals surface area contributed by atoms with Gasteiger partial charge in [-0.25, -0.2) is 0 Å². The Hall–Kier alpha value is -0.380. The van der Waals surface area contributed by atoms with E-state index in [9.17, 15) is 0 Å². The Morgan fingerprint density at radius 2 is 2.05 bits per heavy atom.